The number of thiophene rings is 1. The van der Waals surface area contributed by atoms with Crippen molar-refractivity contribution in [2.45, 2.75) is 18.9 Å². The first-order valence-electron chi connectivity index (χ1n) is 7.54. The summed E-state index contributed by atoms with van der Waals surface area (Å²) in [6.07, 6.45) is 5.16. The minimum Gasteiger partial charge on any atom is -0.347 e. The maximum absolute atomic E-state index is 12.4. The molecule has 25 heavy (non-hydrogen) atoms. The highest BCUT2D eigenvalue weighted by atomic mass is 35.5. The van der Waals surface area contributed by atoms with Crippen LogP contribution in [0, 0.1) is 0 Å². The van der Waals surface area contributed by atoms with Crippen LogP contribution in [-0.4, -0.2) is 35.9 Å². The molecule has 3 rings (SSSR count). The second-order valence-corrected chi connectivity index (χ2v) is 6.29. The zero-order valence-corrected chi connectivity index (χ0v) is 15.8. The average Bonchev–Trinajstić information content (AvgIpc) is 3.05. The van der Waals surface area contributed by atoms with E-state index in [1.165, 1.54) is 11.3 Å². The average molecular weight is 403 g/mol. The molecule has 1 fully saturated rings. The van der Waals surface area contributed by atoms with Gasteiger partial charge in [-0.1, -0.05) is 0 Å². The monoisotopic (exact) mass is 402 g/mol. The molecule has 3 N–H and O–H groups in total. The van der Waals surface area contributed by atoms with E-state index in [9.17, 15) is 9.59 Å². The molecule has 1 aliphatic rings. The van der Waals surface area contributed by atoms with Gasteiger partial charge in [0.25, 0.3) is 11.8 Å². The van der Waals surface area contributed by atoms with Gasteiger partial charge in [-0.2, -0.15) is 0 Å². The summed E-state index contributed by atoms with van der Waals surface area (Å²) in [5.41, 5.74) is 1.05. The molecule has 6 nitrogen and oxygen atoms in total. The van der Waals surface area contributed by atoms with Gasteiger partial charge >= 0.3 is 0 Å². The Morgan fingerprint density at radius 2 is 1.92 bits per heavy atom. The fraction of sp³-hybridized carbons (Fsp3) is 0.312. The van der Waals surface area contributed by atoms with Crippen molar-refractivity contribution in [3.63, 3.8) is 0 Å². The smallest absolute Gasteiger partial charge is 0.263 e. The van der Waals surface area contributed by atoms with E-state index in [1.807, 2.05) is 0 Å². The number of aromatic nitrogens is 1. The first-order chi connectivity index (χ1) is 11.2. The molecule has 0 bridgehead atoms. The van der Waals surface area contributed by atoms with Crippen molar-refractivity contribution in [3.05, 3.63) is 46.4 Å². The zero-order valence-electron chi connectivity index (χ0n) is 13.4. The topological polar surface area (TPSA) is 83.1 Å². The van der Waals surface area contributed by atoms with Crippen molar-refractivity contribution in [2.24, 2.45) is 0 Å². The fourth-order valence-corrected chi connectivity index (χ4v) is 3.26. The van der Waals surface area contributed by atoms with Gasteiger partial charge in [0.1, 0.15) is 4.88 Å². The maximum atomic E-state index is 12.4. The number of hydrogen-bond donors (Lipinski definition) is 3. The molecule has 1 atom stereocenters. The van der Waals surface area contributed by atoms with Gasteiger partial charge in [-0.15, -0.1) is 36.2 Å². The third kappa shape index (κ3) is 5.67. The zero-order chi connectivity index (χ0) is 16.1. The van der Waals surface area contributed by atoms with Crippen molar-refractivity contribution in [1.29, 1.82) is 0 Å². The number of hydrogen-bond acceptors (Lipinski definition) is 5. The Balaban J connectivity index is 0.00000156. The molecule has 0 aromatic carbocycles. The van der Waals surface area contributed by atoms with Gasteiger partial charge in [0.2, 0.25) is 0 Å². The van der Waals surface area contributed by atoms with E-state index in [0.29, 0.717) is 16.1 Å². The first-order valence-corrected chi connectivity index (χ1v) is 8.42. The van der Waals surface area contributed by atoms with Gasteiger partial charge < -0.3 is 16.0 Å². The number of nitrogens with one attached hydrogen (secondary N) is 3. The Hall–Kier alpha value is -1.67. The van der Waals surface area contributed by atoms with Gasteiger partial charge in [0.05, 0.1) is 5.69 Å². The highest BCUT2D eigenvalue weighted by molar-refractivity contribution is 7.12. The van der Waals surface area contributed by atoms with Gasteiger partial charge in [-0.3, -0.25) is 14.6 Å². The van der Waals surface area contributed by atoms with Crippen molar-refractivity contribution in [2.75, 3.05) is 18.4 Å². The lowest BCUT2D eigenvalue weighted by Crippen LogP contribution is -2.45. The largest absolute Gasteiger partial charge is 0.347 e. The van der Waals surface area contributed by atoms with Crippen molar-refractivity contribution in [3.8, 4) is 0 Å². The van der Waals surface area contributed by atoms with Crippen LogP contribution in [0.4, 0.5) is 5.69 Å². The predicted molar refractivity (Wildman–Crippen MR) is 104 cm³/mol. The molecule has 0 saturated carbocycles. The van der Waals surface area contributed by atoms with Gasteiger partial charge in [-0.05, 0) is 43.0 Å². The number of piperidine rings is 1. The number of halogens is 2. The third-order valence-corrected chi connectivity index (χ3v) is 4.61. The number of pyridine rings is 1. The third-order valence-electron chi connectivity index (χ3n) is 3.69. The van der Waals surface area contributed by atoms with Gasteiger partial charge in [0, 0.05) is 30.5 Å². The lowest BCUT2D eigenvalue weighted by molar-refractivity contribution is 0.0935. The molecule has 2 amide bonds. The summed E-state index contributed by atoms with van der Waals surface area (Å²) in [7, 11) is 0. The summed E-state index contributed by atoms with van der Waals surface area (Å²) in [6.45, 7) is 1.79. The van der Waals surface area contributed by atoms with Crippen LogP contribution in [0.5, 0.6) is 0 Å². The molecule has 3 heterocycles. The fourth-order valence-electron chi connectivity index (χ4n) is 2.51. The number of rotatable bonds is 4. The molecule has 136 valence electrons. The molecule has 2 aromatic rings. The molecule has 2 aromatic heterocycles. The summed E-state index contributed by atoms with van der Waals surface area (Å²) >= 11 is 1.32. The highest BCUT2D eigenvalue weighted by Crippen LogP contribution is 2.23. The van der Waals surface area contributed by atoms with E-state index in [2.05, 4.69) is 20.9 Å². The minimum atomic E-state index is -0.251. The SMILES string of the molecule is Cl.Cl.O=C(Nc1ccsc1C(=O)N[C@H]1CCCNC1)c1ccncc1. The minimum absolute atomic E-state index is 0. The number of carbonyl (C=O) groups is 2. The molecule has 0 radical (unpaired) electrons. The lowest BCUT2D eigenvalue weighted by atomic mass is 10.1. The van der Waals surface area contributed by atoms with E-state index < -0.39 is 0 Å². The normalized spacial score (nSPS) is 16.1. The summed E-state index contributed by atoms with van der Waals surface area (Å²) in [5.74, 6) is -0.391. The van der Waals surface area contributed by atoms with Crippen molar-refractivity contribution < 1.29 is 9.59 Å². The Kier molecular flexibility index (Phi) is 8.85. The maximum Gasteiger partial charge on any atom is 0.263 e. The first kappa shape index (κ1) is 21.4. The van der Waals surface area contributed by atoms with Crippen LogP contribution in [0.25, 0.3) is 0 Å². The second kappa shape index (κ2) is 10.4. The molecule has 1 saturated heterocycles. The van der Waals surface area contributed by atoms with Gasteiger partial charge in [0.15, 0.2) is 0 Å². The van der Waals surface area contributed by atoms with E-state index in [-0.39, 0.29) is 42.7 Å². The second-order valence-electron chi connectivity index (χ2n) is 5.37. The molecular formula is C16H20Cl2N4O2S. The highest BCUT2D eigenvalue weighted by Gasteiger charge is 2.20. The molecular weight excluding hydrogens is 383 g/mol. The quantitative estimate of drug-likeness (QED) is 0.733. The van der Waals surface area contributed by atoms with Crippen molar-refractivity contribution in [1.82, 2.24) is 15.6 Å². The standard InChI is InChI=1S/C16H18N4O2S.2ClH/c21-15(11-3-7-17-8-4-11)20-13-5-9-23-14(13)16(22)19-12-2-1-6-18-10-12;;/h3-5,7-9,12,18H,1-2,6,10H2,(H,19,22)(H,20,21);2*1H/t12-;;/m0../s1. The van der Waals surface area contributed by atoms with Crippen molar-refractivity contribution >= 4 is 53.7 Å². The van der Waals surface area contributed by atoms with Gasteiger partial charge in [-0.25, -0.2) is 0 Å². The van der Waals surface area contributed by atoms with E-state index in [4.69, 9.17) is 0 Å². The summed E-state index contributed by atoms with van der Waals surface area (Å²) in [4.78, 5) is 29.0. The molecule has 0 spiro atoms. The molecule has 0 aliphatic carbocycles. The summed E-state index contributed by atoms with van der Waals surface area (Å²) < 4.78 is 0. The summed E-state index contributed by atoms with van der Waals surface area (Å²) in [5, 5.41) is 10.9. The summed E-state index contributed by atoms with van der Waals surface area (Å²) in [6, 6.07) is 5.16. The molecule has 1 aliphatic heterocycles. The van der Waals surface area contributed by atoms with E-state index in [1.54, 1.807) is 36.0 Å². The van der Waals surface area contributed by atoms with Crippen LogP contribution in [0.2, 0.25) is 0 Å². The van der Waals surface area contributed by atoms with Crippen LogP contribution >= 0.6 is 36.2 Å². The van der Waals surface area contributed by atoms with Crippen LogP contribution in [-0.2, 0) is 0 Å². The Morgan fingerprint density at radius 3 is 2.60 bits per heavy atom. The van der Waals surface area contributed by atoms with Crippen LogP contribution in [0.15, 0.2) is 36.0 Å². The lowest BCUT2D eigenvalue weighted by Gasteiger charge is -2.23. The Morgan fingerprint density at radius 1 is 1.16 bits per heavy atom. The molecule has 9 heteroatoms. The van der Waals surface area contributed by atoms with Crippen LogP contribution in [0.3, 0.4) is 0 Å². The Bertz CT molecular complexity index is 690. The van der Waals surface area contributed by atoms with Crippen LogP contribution < -0.4 is 16.0 Å². The Labute approximate surface area is 162 Å². The van der Waals surface area contributed by atoms with E-state index >= 15 is 0 Å². The number of nitrogens with zero attached hydrogens (tertiary/aromatic N) is 1. The van der Waals surface area contributed by atoms with E-state index in [0.717, 1.165) is 25.9 Å². The number of anilines is 1. The predicted octanol–water partition coefficient (Wildman–Crippen LogP) is 2.72. The number of amides is 2. The number of carbonyl (C=O) groups excluding carboxylic acids is 2. The molecule has 0 unspecified atom stereocenters. The van der Waals surface area contributed by atoms with Crippen LogP contribution in [0.1, 0.15) is 32.9 Å².